The van der Waals surface area contributed by atoms with Crippen LogP contribution in [0.15, 0.2) is 24.3 Å². The van der Waals surface area contributed by atoms with E-state index < -0.39 is 36.4 Å². The fourth-order valence-electron chi connectivity index (χ4n) is 4.46. The van der Waals surface area contributed by atoms with Gasteiger partial charge in [-0.3, -0.25) is 19.6 Å². The number of amides is 3. The first-order chi connectivity index (χ1) is 19.3. The summed E-state index contributed by atoms with van der Waals surface area (Å²) >= 11 is 0. The average molecular weight is 570 g/mol. The molecular formula is C28H44FN3O8. The van der Waals surface area contributed by atoms with Crippen LogP contribution in [-0.2, 0) is 35.0 Å². The minimum absolute atomic E-state index is 0.0533. The molecule has 226 valence electrons. The average Bonchev–Trinajstić information content (AvgIpc) is 2.94. The highest BCUT2D eigenvalue weighted by molar-refractivity contribution is 5.91. The molecular weight excluding hydrogens is 525 g/mol. The van der Waals surface area contributed by atoms with Crippen LogP contribution in [-0.4, -0.2) is 88.4 Å². The Morgan fingerprint density at radius 1 is 1.05 bits per heavy atom. The first-order valence-electron chi connectivity index (χ1n) is 13.9. The van der Waals surface area contributed by atoms with E-state index in [1.807, 2.05) is 26.0 Å². The maximum atomic E-state index is 13.5. The maximum Gasteiger partial charge on any atom is 0.247 e. The highest BCUT2D eigenvalue weighted by atomic mass is 19.1. The molecule has 0 saturated heterocycles. The number of hydrogen-bond donors (Lipinski definition) is 4. The number of halogens is 1. The molecule has 12 heteroatoms. The number of fused-ring (bicyclic) bond motifs is 11. The number of hydroxylamine groups is 1. The Kier molecular flexibility index (Phi) is 16.1. The second kappa shape index (κ2) is 19.3. The third kappa shape index (κ3) is 12.6. The van der Waals surface area contributed by atoms with Gasteiger partial charge in [0.2, 0.25) is 17.7 Å². The molecule has 4 N–H and O–H groups in total. The van der Waals surface area contributed by atoms with Gasteiger partial charge in [-0.1, -0.05) is 26.0 Å². The van der Waals surface area contributed by atoms with Crippen LogP contribution in [0.2, 0.25) is 0 Å². The number of benzene rings is 1. The van der Waals surface area contributed by atoms with E-state index in [9.17, 15) is 24.0 Å². The zero-order valence-corrected chi connectivity index (χ0v) is 23.5. The molecule has 1 unspecified atom stereocenters. The summed E-state index contributed by atoms with van der Waals surface area (Å²) in [5, 5.41) is 15.0. The van der Waals surface area contributed by atoms with Crippen molar-refractivity contribution in [1.82, 2.24) is 16.1 Å². The van der Waals surface area contributed by atoms with Crippen molar-refractivity contribution < 1.29 is 42.9 Å². The number of nitrogens with one attached hydrogen (secondary N) is 3. The SMILES string of the molecule is CC(C)C[C@H]1C(=O)NC(C(=O)NCCOCCOCCOCCF)Cc2ccc(cc2)OCCC[C@@H]1C(=O)NO. The Hall–Kier alpha value is -2.80. The summed E-state index contributed by atoms with van der Waals surface area (Å²) in [4.78, 5) is 39.3. The summed E-state index contributed by atoms with van der Waals surface area (Å²) in [7, 11) is 0. The number of hydrogen-bond acceptors (Lipinski definition) is 8. The molecule has 1 aromatic rings. The van der Waals surface area contributed by atoms with Crippen LogP contribution < -0.4 is 20.9 Å². The lowest BCUT2D eigenvalue weighted by atomic mass is 9.81. The number of ether oxygens (including phenoxy) is 4. The molecule has 2 bridgehead atoms. The predicted octanol–water partition coefficient (Wildman–Crippen LogP) is 1.81. The smallest absolute Gasteiger partial charge is 0.247 e. The molecule has 1 aromatic carbocycles. The maximum absolute atomic E-state index is 13.5. The van der Waals surface area contributed by atoms with Gasteiger partial charge < -0.3 is 29.6 Å². The molecule has 40 heavy (non-hydrogen) atoms. The van der Waals surface area contributed by atoms with E-state index >= 15 is 0 Å². The second-order valence-electron chi connectivity index (χ2n) is 10.0. The molecule has 0 aliphatic carbocycles. The van der Waals surface area contributed by atoms with Crippen molar-refractivity contribution in [2.75, 3.05) is 59.5 Å². The van der Waals surface area contributed by atoms with Gasteiger partial charge in [-0.25, -0.2) is 9.87 Å². The van der Waals surface area contributed by atoms with E-state index in [-0.39, 0.29) is 38.0 Å². The molecule has 3 atom stereocenters. The van der Waals surface area contributed by atoms with Crippen molar-refractivity contribution in [3.05, 3.63) is 29.8 Å². The summed E-state index contributed by atoms with van der Waals surface area (Å²) < 4.78 is 33.5. The number of carbonyl (C=O) groups is 3. The van der Waals surface area contributed by atoms with Crippen molar-refractivity contribution in [3.8, 4) is 5.75 Å². The second-order valence-corrected chi connectivity index (χ2v) is 10.0. The van der Waals surface area contributed by atoms with Gasteiger partial charge in [-0.05, 0) is 42.9 Å². The molecule has 0 aromatic heterocycles. The van der Waals surface area contributed by atoms with E-state index in [1.165, 1.54) is 0 Å². The van der Waals surface area contributed by atoms with Gasteiger partial charge in [0.25, 0.3) is 0 Å². The first-order valence-corrected chi connectivity index (χ1v) is 13.9. The molecule has 2 aliphatic rings. The van der Waals surface area contributed by atoms with Crippen molar-refractivity contribution in [1.29, 1.82) is 0 Å². The van der Waals surface area contributed by atoms with E-state index in [2.05, 4.69) is 10.6 Å². The normalized spacial score (nSPS) is 19.9. The van der Waals surface area contributed by atoms with Gasteiger partial charge in [0.05, 0.1) is 52.2 Å². The Labute approximate surface area is 235 Å². The van der Waals surface area contributed by atoms with E-state index in [0.29, 0.717) is 58.0 Å². The highest BCUT2D eigenvalue weighted by Crippen LogP contribution is 2.27. The molecule has 0 saturated carbocycles. The number of rotatable bonds is 15. The molecule has 3 amide bonds. The molecule has 0 radical (unpaired) electrons. The van der Waals surface area contributed by atoms with Crippen LogP contribution in [0.1, 0.15) is 38.7 Å². The van der Waals surface area contributed by atoms with Crippen LogP contribution >= 0.6 is 0 Å². The lowest BCUT2D eigenvalue weighted by molar-refractivity contribution is -0.142. The van der Waals surface area contributed by atoms with E-state index in [4.69, 9.17) is 18.9 Å². The van der Waals surface area contributed by atoms with Crippen LogP contribution in [0.3, 0.4) is 0 Å². The summed E-state index contributed by atoms with van der Waals surface area (Å²) in [5.74, 6) is -2.18. The molecule has 3 rings (SSSR count). The van der Waals surface area contributed by atoms with Crippen molar-refractivity contribution >= 4 is 17.7 Å². The number of carbonyl (C=O) groups excluding carboxylic acids is 3. The Morgan fingerprint density at radius 3 is 2.33 bits per heavy atom. The fraction of sp³-hybridized carbons (Fsp3) is 0.679. The van der Waals surface area contributed by atoms with E-state index in [0.717, 1.165) is 5.56 Å². The zero-order valence-electron chi connectivity index (χ0n) is 23.5. The Balaban J connectivity index is 2.02. The molecule has 11 nitrogen and oxygen atoms in total. The predicted molar refractivity (Wildman–Crippen MR) is 145 cm³/mol. The Bertz CT molecular complexity index is 887. The van der Waals surface area contributed by atoms with Crippen molar-refractivity contribution in [3.63, 3.8) is 0 Å². The standard InChI is InChI=1S/C28H44FN3O8/c1-20(2)18-24-23(27(34)32-36)4-3-11-40-22-7-5-21(6-8-22)19-25(31-26(24)33)28(35)30-10-13-38-15-17-39-16-14-37-12-9-29/h5-8,20,23-25,36H,3-4,9-19H2,1-2H3,(H,30,35)(H,31,33)(H,32,34)/t23-,24+,25?/m0/s1. The molecule has 2 aliphatic heterocycles. The lowest BCUT2D eigenvalue weighted by Crippen LogP contribution is -2.52. The van der Waals surface area contributed by atoms with Gasteiger partial charge in [0.1, 0.15) is 18.5 Å². The number of alkyl halides is 1. The molecule has 0 spiro atoms. The summed E-state index contributed by atoms with van der Waals surface area (Å²) in [6.07, 6.45) is 1.48. The van der Waals surface area contributed by atoms with Gasteiger partial charge in [0.15, 0.2) is 0 Å². The van der Waals surface area contributed by atoms with Crippen LogP contribution in [0.4, 0.5) is 4.39 Å². The van der Waals surface area contributed by atoms with Gasteiger partial charge >= 0.3 is 0 Å². The lowest BCUT2D eigenvalue weighted by Gasteiger charge is -2.29. The van der Waals surface area contributed by atoms with Gasteiger partial charge in [-0.2, -0.15) is 0 Å². The summed E-state index contributed by atoms with van der Waals surface area (Å²) in [6, 6.07) is 6.43. The van der Waals surface area contributed by atoms with Crippen LogP contribution in [0, 0.1) is 17.8 Å². The summed E-state index contributed by atoms with van der Waals surface area (Å²) in [6.45, 7) is 5.57. The topological polar surface area (TPSA) is 144 Å². The van der Waals surface area contributed by atoms with E-state index in [1.54, 1.807) is 17.6 Å². The van der Waals surface area contributed by atoms with Crippen molar-refractivity contribution in [2.24, 2.45) is 17.8 Å². The quantitative estimate of drug-likeness (QED) is 0.142. The highest BCUT2D eigenvalue weighted by Gasteiger charge is 2.36. The summed E-state index contributed by atoms with van der Waals surface area (Å²) in [5.41, 5.74) is 2.54. The molecule has 2 heterocycles. The van der Waals surface area contributed by atoms with Crippen LogP contribution in [0.25, 0.3) is 0 Å². The van der Waals surface area contributed by atoms with Crippen molar-refractivity contribution in [2.45, 2.75) is 45.6 Å². The zero-order chi connectivity index (χ0) is 29.2. The third-order valence-electron chi connectivity index (χ3n) is 6.43. The minimum atomic E-state index is -0.887. The Morgan fingerprint density at radius 2 is 1.70 bits per heavy atom. The molecule has 0 fully saturated rings. The minimum Gasteiger partial charge on any atom is -0.494 e. The van der Waals surface area contributed by atoms with Gasteiger partial charge in [0, 0.05) is 18.9 Å². The largest absolute Gasteiger partial charge is 0.494 e. The monoisotopic (exact) mass is 569 g/mol. The third-order valence-corrected chi connectivity index (χ3v) is 6.43. The van der Waals surface area contributed by atoms with Crippen LogP contribution in [0.5, 0.6) is 5.75 Å². The fourth-order valence-corrected chi connectivity index (χ4v) is 4.46. The first kappa shape index (κ1) is 33.4. The van der Waals surface area contributed by atoms with Gasteiger partial charge in [-0.15, -0.1) is 0 Å².